The van der Waals surface area contributed by atoms with Crippen molar-refractivity contribution in [3.05, 3.63) is 30.3 Å². The quantitative estimate of drug-likeness (QED) is 0.815. The molecule has 0 amide bonds. The molecule has 0 saturated carbocycles. The van der Waals surface area contributed by atoms with Crippen molar-refractivity contribution in [2.24, 2.45) is 5.73 Å². The Kier molecular flexibility index (Phi) is 3.17. The van der Waals surface area contributed by atoms with Crippen molar-refractivity contribution in [2.75, 3.05) is 18.6 Å². The molecule has 0 aliphatic carbocycles. The molecule has 1 aromatic carbocycles. The van der Waals surface area contributed by atoms with Crippen LogP contribution in [-0.4, -0.2) is 31.1 Å². The smallest absolute Gasteiger partial charge is 0.123 e. The fraction of sp³-hybridized carbons (Fsp3) is 0.462. The van der Waals surface area contributed by atoms with Crippen molar-refractivity contribution >= 4 is 11.5 Å². The summed E-state index contributed by atoms with van der Waals surface area (Å²) in [6, 6.07) is 9.91. The number of piperidine rings is 1. The van der Waals surface area contributed by atoms with E-state index in [0.29, 0.717) is 5.84 Å². The summed E-state index contributed by atoms with van der Waals surface area (Å²) in [6.45, 7) is 2.63. The maximum atomic E-state index is 8.24. The number of amidine groups is 1. The van der Waals surface area contributed by atoms with Gasteiger partial charge in [-0.25, -0.2) is 0 Å². The lowest BCUT2D eigenvalue weighted by Gasteiger charge is -2.44. The number of methoxy groups -OCH3 is 1. The van der Waals surface area contributed by atoms with Gasteiger partial charge in [-0.15, -0.1) is 0 Å². The molecule has 1 aromatic rings. The van der Waals surface area contributed by atoms with Gasteiger partial charge in [0, 0.05) is 19.3 Å². The minimum absolute atomic E-state index is 0.0880. The number of nitrogens with two attached hydrogens (primary N) is 1. The van der Waals surface area contributed by atoms with Gasteiger partial charge in [0.05, 0.1) is 11.6 Å². The zero-order valence-corrected chi connectivity index (χ0v) is 10.3. The molecule has 2 unspecified atom stereocenters. The van der Waals surface area contributed by atoms with Crippen LogP contribution >= 0.6 is 0 Å². The van der Waals surface area contributed by atoms with Crippen molar-refractivity contribution < 1.29 is 4.74 Å². The van der Waals surface area contributed by atoms with Gasteiger partial charge in [0.2, 0.25) is 0 Å². The van der Waals surface area contributed by atoms with Crippen LogP contribution in [0.25, 0.3) is 0 Å². The Morgan fingerprint density at radius 1 is 1.41 bits per heavy atom. The maximum absolute atomic E-state index is 8.24. The lowest BCUT2D eigenvalue weighted by molar-refractivity contribution is 0.0556. The first kappa shape index (κ1) is 12.1. The van der Waals surface area contributed by atoms with Crippen molar-refractivity contribution in [3.63, 3.8) is 0 Å². The summed E-state index contributed by atoms with van der Waals surface area (Å²) < 4.78 is 5.37. The standard InChI is InChI=1S/C13H19N3O/c1-13(15)11(17-2)8-9-16(12(13)14)10-6-4-3-5-7-10/h3-7,11,14H,8-9,15H2,1-2H3. The SMILES string of the molecule is COC1CCN(c2ccccc2)C(=N)C1(C)N. The Bertz CT molecular complexity index is 402. The first-order chi connectivity index (χ1) is 8.07. The molecule has 92 valence electrons. The highest BCUT2D eigenvalue weighted by atomic mass is 16.5. The molecule has 0 aromatic heterocycles. The number of para-hydroxylation sites is 1. The molecule has 3 N–H and O–H groups in total. The highest BCUT2D eigenvalue weighted by Crippen LogP contribution is 2.27. The van der Waals surface area contributed by atoms with Crippen molar-refractivity contribution in [3.8, 4) is 0 Å². The topological polar surface area (TPSA) is 62.3 Å². The normalized spacial score (nSPS) is 29.5. The maximum Gasteiger partial charge on any atom is 0.123 e. The third-order valence-corrected chi connectivity index (χ3v) is 3.42. The van der Waals surface area contributed by atoms with Gasteiger partial charge in [-0.3, -0.25) is 5.41 Å². The van der Waals surface area contributed by atoms with E-state index in [1.165, 1.54) is 0 Å². The molecule has 2 atom stereocenters. The number of anilines is 1. The van der Waals surface area contributed by atoms with Crippen LogP contribution in [0.15, 0.2) is 30.3 Å². The first-order valence-corrected chi connectivity index (χ1v) is 5.80. The monoisotopic (exact) mass is 233 g/mol. The highest BCUT2D eigenvalue weighted by Gasteiger charge is 2.42. The molecule has 1 saturated heterocycles. The zero-order chi connectivity index (χ0) is 12.5. The van der Waals surface area contributed by atoms with Gasteiger partial charge in [0.1, 0.15) is 5.84 Å². The van der Waals surface area contributed by atoms with Crippen molar-refractivity contribution in [2.45, 2.75) is 25.0 Å². The van der Waals surface area contributed by atoms with Gasteiger partial charge >= 0.3 is 0 Å². The van der Waals surface area contributed by atoms with E-state index >= 15 is 0 Å². The molecular formula is C13H19N3O. The Balaban J connectivity index is 2.27. The van der Waals surface area contributed by atoms with E-state index < -0.39 is 5.54 Å². The van der Waals surface area contributed by atoms with E-state index in [0.717, 1.165) is 18.7 Å². The summed E-state index contributed by atoms with van der Waals surface area (Å²) in [7, 11) is 1.65. The zero-order valence-electron chi connectivity index (χ0n) is 10.3. The van der Waals surface area contributed by atoms with E-state index in [1.54, 1.807) is 7.11 Å². The fourth-order valence-electron chi connectivity index (χ4n) is 2.33. The van der Waals surface area contributed by atoms with Gasteiger partial charge in [-0.1, -0.05) is 18.2 Å². The molecule has 4 nitrogen and oxygen atoms in total. The Hall–Kier alpha value is -1.39. The van der Waals surface area contributed by atoms with Crippen LogP contribution in [0.5, 0.6) is 0 Å². The molecule has 0 spiro atoms. The molecule has 1 aliphatic rings. The predicted molar refractivity (Wildman–Crippen MR) is 69.5 cm³/mol. The number of hydrogen-bond acceptors (Lipinski definition) is 3. The number of rotatable bonds is 2. The van der Waals surface area contributed by atoms with Gasteiger partial charge in [0.15, 0.2) is 0 Å². The number of nitrogens with one attached hydrogen (secondary N) is 1. The Morgan fingerprint density at radius 3 is 2.65 bits per heavy atom. The molecule has 4 heteroatoms. The van der Waals surface area contributed by atoms with E-state index in [2.05, 4.69) is 0 Å². The summed E-state index contributed by atoms with van der Waals surface area (Å²) in [4.78, 5) is 1.95. The van der Waals surface area contributed by atoms with Crippen molar-refractivity contribution in [1.82, 2.24) is 0 Å². The van der Waals surface area contributed by atoms with E-state index in [4.69, 9.17) is 15.9 Å². The second-order valence-electron chi connectivity index (χ2n) is 4.63. The second kappa shape index (κ2) is 4.47. The highest BCUT2D eigenvalue weighted by molar-refractivity contribution is 6.03. The Morgan fingerprint density at radius 2 is 2.06 bits per heavy atom. The molecule has 0 bridgehead atoms. The first-order valence-electron chi connectivity index (χ1n) is 5.80. The number of hydrogen-bond donors (Lipinski definition) is 2. The Labute approximate surface area is 102 Å². The average Bonchev–Trinajstić information content (AvgIpc) is 2.33. The molecule has 1 aliphatic heterocycles. The summed E-state index contributed by atoms with van der Waals surface area (Å²) in [5.74, 6) is 0.418. The van der Waals surface area contributed by atoms with Crippen LogP contribution in [0, 0.1) is 5.41 Å². The van der Waals surface area contributed by atoms with E-state index in [1.807, 2.05) is 42.2 Å². The lowest BCUT2D eigenvalue weighted by Crippen LogP contribution is -2.65. The van der Waals surface area contributed by atoms with Crippen LogP contribution in [0.3, 0.4) is 0 Å². The van der Waals surface area contributed by atoms with Gasteiger partial charge in [-0.05, 0) is 25.5 Å². The minimum Gasteiger partial charge on any atom is -0.379 e. The largest absolute Gasteiger partial charge is 0.379 e. The second-order valence-corrected chi connectivity index (χ2v) is 4.63. The van der Waals surface area contributed by atoms with Gasteiger partial charge < -0.3 is 15.4 Å². The van der Waals surface area contributed by atoms with Crippen molar-refractivity contribution in [1.29, 1.82) is 5.41 Å². The summed E-state index contributed by atoms with van der Waals surface area (Å²) >= 11 is 0. The summed E-state index contributed by atoms with van der Waals surface area (Å²) in [5, 5.41) is 8.24. The van der Waals surface area contributed by atoms with Crippen LogP contribution in [0.1, 0.15) is 13.3 Å². The average molecular weight is 233 g/mol. The summed E-state index contributed by atoms with van der Waals surface area (Å²) in [5.41, 5.74) is 6.50. The van der Waals surface area contributed by atoms with Gasteiger partial charge in [0.25, 0.3) is 0 Å². The minimum atomic E-state index is -0.733. The third kappa shape index (κ3) is 2.06. The molecule has 1 fully saturated rings. The molecular weight excluding hydrogens is 214 g/mol. The summed E-state index contributed by atoms with van der Waals surface area (Å²) in [6.07, 6.45) is 0.746. The van der Waals surface area contributed by atoms with Crippen LogP contribution < -0.4 is 10.6 Å². The number of nitrogens with zero attached hydrogens (tertiary/aromatic N) is 1. The van der Waals surface area contributed by atoms with Crippen LogP contribution in [0.2, 0.25) is 0 Å². The fourth-order valence-corrected chi connectivity index (χ4v) is 2.33. The molecule has 1 heterocycles. The van der Waals surface area contributed by atoms with E-state index in [-0.39, 0.29) is 6.10 Å². The molecule has 2 rings (SSSR count). The van der Waals surface area contributed by atoms with Crippen LogP contribution in [-0.2, 0) is 4.74 Å². The number of ether oxygens (including phenoxy) is 1. The number of benzene rings is 1. The molecule has 0 radical (unpaired) electrons. The molecule has 17 heavy (non-hydrogen) atoms. The van der Waals surface area contributed by atoms with Crippen LogP contribution in [0.4, 0.5) is 5.69 Å². The third-order valence-electron chi connectivity index (χ3n) is 3.42. The lowest BCUT2D eigenvalue weighted by atomic mass is 9.87. The van der Waals surface area contributed by atoms with Gasteiger partial charge in [-0.2, -0.15) is 0 Å². The van der Waals surface area contributed by atoms with E-state index in [9.17, 15) is 0 Å². The predicted octanol–water partition coefficient (Wildman–Crippen LogP) is 1.61.